The Kier molecular flexibility index (Phi) is 17.7. The number of ether oxygens (including phenoxy) is 1. The number of alkyl halides is 6. The number of aliphatic carboxylic acids is 2. The Morgan fingerprint density at radius 2 is 1.30 bits per heavy atom. The summed E-state index contributed by atoms with van der Waals surface area (Å²) in [4.78, 5) is 44.0. The minimum atomic E-state index is -5.08. The summed E-state index contributed by atoms with van der Waals surface area (Å²) in [6, 6.07) is 8.30. The van der Waals surface area contributed by atoms with E-state index < -0.39 is 35.1 Å². The number of piperidine rings is 1. The number of nitrogens with zero attached hydrogens (tertiary/aromatic N) is 1. The van der Waals surface area contributed by atoms with Gasteiger partial charge in [0.05, 0.1) is 6.61 Å². The third-order valence-electron chi connectivity index (χ3n) is 6.47. The number of halogens is 6. The molecule has 0 bridgehead atoms. The minimum absolute atomic E-state index is 0.417. The van der Waals surface area contributed by atoms with E-state index in [4.69, 9.17) is 30.3 Å². The van der Waals surface area contributed by atoms with E-state index in [1.54, 1.807) is 0 Å². The normalized spacial score (nSPS) is 13.5. The Morgan fingerprint density at radius 1 is 0.804 bits per heavy atom. The van der Waals surface area contributed by atoms with Crippen LogP contribution in [0.1, 0.15) is 56.9 Å². The molecular formula is C29H40F6N4O7. The van der Waals surface area contributed by atoms with Gasteiger partial charge in [-0.25, -0.2) is 9.59 Å². The molecule has 0 spiro atoms. The van der Waals surface area contributed by atoms with E-state index >= 15 is 0 Å². The number of carboxylic acid groups (broad SMARTS) is 2. The van der Waals surface area contributed by atoms with Crippen LogP contribution in [0.4, 0.5) is 37.7 Å². The lowest BCUT2D eigenvalue weighted by molar-refractivity contribution is -0.193. The Balaban J connectivity index is 0.000000629. The lowest BCUT2D eigenvalue weighted by Crippen LogP contribution is -2.37. The minimum Gasteiger partial charge on any atom is -0.494 e. The summed E-state index contributed by atoms with van der Waals surface area (Å²) in [5.41, 5.74) is 6.77. The highest BCUT2D eigenvalue weighted by molar-refractivity contribution is 5.74. The van der Waals surface area contributed by atoms with Crippen molar-refractivity contribution >= 4 is 23.3 Å². The van der Waals surface area contributed by atoms with Crippen LogP contribution in [0.2, 0.25) is 0 Å². The Hall–Kier alpha value is -3.86. The summed E-state index contributed by atoms with van der Waals surface area (Å²) in [6.45, 7) is 5.89. The van der Waals surface area contributed by atoms with E-state index in [-0.39, 0.29) is 0 Å². The highest BCUT2D eigenvalue weighted by Gasteiger charge is 2.38. The van der Waals surface area contributed by atoms with Crippen molar-refractivity contribution in [3.8, 4) is 5.75 Å². The third kappa shape index (κ3) is 15.9. The van der Waals surface area contributed by atoms with Gasteiger partial charge >= 0.3 is 24.3 Å². The van der Waals surface area contributed by atoms with E-state index in [2.05, 4.69) is 27.7 Å². The molecule has 3 rings (SSSR count). The molecule has 1 heterocycles. The summed E-state index contributed by atoms with van der Waals surface area (Å²) < 4.78 is 69.4. The Bertz CT molecular complexity index is 1250. The lowest BCUT2D eigenvalue weighted by atomic mass is 10.1. The number of carboxylic acids is 2. The van der Waals surface area contributed by atoms with Crippen LogP contribution in [-0.4, -0.2) is 78.7 Å². The average molecular weight is 671 g/mol. The molecule has 1 fully saturated rings. The number of hydrogen-bond donors (Lipinski definition) is 5. The van der Waals surface area contributed by atoms with E-state index in [1.807, 2.05) is 12.1 Å². The molecule has 0 unspecified atom stereocenters. The predicted octanol–water partition coefficient (Wildman–Crippen LogP) is 4.35. The van der Waals surface area contributed by atoms with Crippen LogP contribution >= 0.6 is 0 Å². The molecular weight excluding hydrogens is 630 g/mol. The van der Waals surface area contributed by atoms with E-state index in [0.29, 0.717) is 37.6 Å². The van der Waals surface area contributed by atoms with Gasteiger partial charge in [0.2, 0.25) is 0 Å². The number of nitrogens with two attached hydrogens (primary N) is 1. The molecule has 0 aromatic heterocycles. The third-order valence-corrected chi connectivity index (χ3v) is 6.47. The number of carbonyl (C=O) groups is 2. The van der Waals surface area contributed by atoms with E-state index in [9.17, 15) is 35.9 Å². The number of anilines is 2. The van der Waals surface area contributed by atoms with Crippen molar-refractivity contribution in [2.24, 2.45) is 5.73 Å². The quantitative estimate of drug-likeness (QED) is 0.104. The van der Waals surface area contributed by atoms with E-state index in [0.717, 1.165) is 44.4 Å². The smallest absolute Gasteiger partial charge is 0.490 e. The Morgan fingerprint density at radius 3 is 1.80 bits per heavy atom. The fourth-order valence-corrected chi connectivity index (χ4v) is 4.15. The molecule has 46 heavy (non-hydrogen) atoms. The van der Waals surface area contributed by atoms with Gasteiger partial charge in [0.25, 0.3) is 10.9 Å². The lowest BCUT2D eigenvalue weighted by Gasteiger charge is -2.26. The molecule has 2 aromatic rings. The van der Waals surface area contributed by atoms with Crippen LogP contribution in [0.15, 0.2) is 33.9 Å². The standard InChI is InChI=1S/C25H38N4O3.2C2HF3O2/c26-12-4-1-2-5-13-27-22-23(25(31)24(22)30)28-14-9-17-32-21-11-8-10-20(18-21)19-29-15-6-3-7-16-29;2*3-2(4,5)1(6)7/h8,10-11,18,27-28H,1-7,9,12-17,19,26H2;2*(H,6,7). The summed E-state index contributed by atoms with van der Waals surface area (Å²) >= 11 is 0. The van der Waals surface area contributed by atoms with Gasteiger partial charge in [0.1, 0.15) is 17.1 Å². The number of unbranched alkanes of at least 4 members (excludes halogenated alkanes) is 3. The summed E-state index contributed by atoms with van der Waals surface area (Å²) in [6.07, 6.45) is -1.35. The number of hydrogen-bond acceptors (Lipinski definition) is 9. The van der Waals surface area contributed by atoms with Crippen molar-refractivity contribution in [3.05, 3.63) is 50.3 Å². The van der Waals surface area contributed by atoms with Gasteiger partial charge in [-0.2, -0.15) is 26.3 Å². The largest absolute Gasteiger partial charge is 0.494 e. The average Bonchev–Trinajstić information content (AvgIpc) is 2.99. The van der Waals surface area contributed by atoms with Crippen LogP contribution in [0.5, 0.6) is 5.75 Å². The van der Waals surface area contributed by atoms with Gasteiger partial charge in [0, 0.05) is 19.6 Å². The van der Waals surface area contributed by atoms with Gasteiger partial charge in [0.15, 0.2) is 0 Å². The van der Waals surface area contributed by atoms with Crippen LogP contribution in [0, 0.1) is 0 Å². The highest BCUT2D eigenvalue weighted by Crippen LogP contribution is 2.19. The highest BCUT2D eigenvalue weighted by atomic mass is 19.4. The SMILES string of the molecule is NCCCCCCNc1c(NCCCOc2cccc(CN3CCCCC3)c2)c(=O)c1=O.O=C(O)C(F)(F)F.O=C(O)C(F)(F)F. The zero-order chi connectivity index (χ0) is 34.8. The fraction of sp³-hybridized carbons (Fsp3) is 0.586. The van der Waals surface area contributed by atoms with Crippen LogP contribution in [0.3, 0.4) is 0 Å². The molecule has 0 amide bonds. The number of likely N-dealkylation sites (tertiary alicyclic amines) is 1. The molecule has 2 aromatic carbocycles. The number of nitrogens with one attached hydrogen (secondary N) is 2. The zero-order valence-corrected chi connectivity index (χ0v) is 25.1. The topological polar surface area (TPSA) is 171 Å². The van der Waals surface area contributed by atoms with Crippen molar-refractivity contribution in [1.82, 2.24) is 4.90 Å². The molecule has 1 aliphatic rings. The van der Waals surface area contributed by atoms with Gasteiger partial charge in [-0.1, -0.05) is 31.4 Å². The zero-order valence-electron chi connectivity index (χ0n) is 25.1. The van der Waals surface area contributed by atoms with E-state index in [1.165, 1.54) is 37.9 Å². The fourth-order valence-electron chi connectivity index (χ4n) is 4.15. The molecule has 1 aliphatic heterocycles. The first-order valence-corrected chi connectivity index (χ1v) is 14.6. The first-order valence-electron chi connectivity index (χ1n) is 14.6. The van der Waals surface area contributed by atoms with Crippen molar-refractivity contribution < 1.29 is 50.9 Å². The second-order valence-corrected chi connectivity index (χ2v) is 10.3. The van der Waals surface area contributed by atoms with Crippen molar-refractivity contribution in [2.75, 3.05) is 50.0 Å². The second-order valence-electron chi connectivity index (χ2n) is 10.3. The van der Waals surface area contributed by atoms with Gasteiger partial charge in [-0.05, 0) is 69.4 Å². The maximum absolute atomic E-state index is 11.9. The maximum Gasteiger partial charge on any atom is 0.490 e. The molecule has 0 atom stereocenters. The van der Waals surface area contributed by atoms with Crippen molar-refractivity contribution in [1.29, 1.82) is 0 Å². The molecule has 260 valence electrons. The van der Waals surface area contributed by atoms with Crippen molar-refractivity contribution in [3.63, 3.8) is 0 Å². The van der Waals surface area contributed by atoms with Gasteiger partial charge in [-0.15, -0.1) is 0 Å². The molecule has 11 nitrogen and oxygen atoms in total. The van der Waals surface area contributed by atoms with Crippen molar-refractivity contribution in [2.45, 2.75) is 70.3 Å². The Labute approximate surface area is 261 Å². The summed E-state index contributed by atoms with van der Waals surface area (Å²) in [7, 11) is 0. The van der Waals surface area contributed by atoms with Gasteiger partial charge < -0.3 is 31.3 Å². The maximum atomic E-state index is 11.9. The molecule has 6 N–H and O–H groups in total. The molecule has 17 heteroatoms. The number of benzene rings is 1. The number of rotatable bonds is 15. The second kappa shape index (κ2) is 20.3. The predicted molar refractivity (Wildman–Crippen MR) is 159 cm³/mol. The molecule has 0 aliphatic carbocycles. The molecule has 1 saturated heterocycles. The first-order chi connectivity index (χ1) is 21.6. The monoisotopic (exact) mass is 670 g/mol. The molecule has 0 radical (unpaired) electrons. The molecule has 0 saturated carbocycles. The van der Waals surface area contributed by atoms with Crippen LogP contribution < -0.4 is 32.0 Å². The first kappa shape index (κ1) is 40.2. The van der Waals surface area contributed by atoms with Crippen LogP contribution in [0.25, 0.3) is 0 Å². The summed E-state index contributed by atoms with van der Waals surface area (Å²) in [5.74, 6) is -4.63. The van der Waals surface area contributed by atoms with Gasteiger partial charge in [-0.3, -0.25) is 14.5 Å². The summed E-state index contributed by atoms with van der Waals surface area (Å²) in [5, 5.41) is 20.5. The van der Waals surface area contributed by atoms with Crippen LogP contribution in [-0.2, 0) is 16.1 Å².